The molecule has 2 rings (SSSR count). The standard InChI is InChI=1S/C14H17N3O/c1-10-14(15)13(18-16-10)9-6-11-4-7-12(8-5-11)17(2)3/h4-9H,15H2,1-3H3/b9-6+. The fourth-order valence-corrected chi connectivity index (χ4v) is 1.57. The molecule has 4 nitrogen and oxygen atoms in total. The van der Waals surface area contributed by atoms with Crippen LogP contribution >= 0.6 is 0 Å². The summed E-state index contributed by atoms with van der Waals surface area (Å²) in [6.07, 6.45) is 3.79. The number of aryl methyl sites for hydroxylation is 1. The Morgan fingerprint density at radius 2 is 1.83 bits per heavy atom. The normalized spacial score (nSPS) is 11.1. The Morgan fingerprint density at radius 1 is 1.17 bits per heavy atom. The molecule has 1 aromatic carbocycles. The number of hydrogen-bond acceptors (Lipinski definition) is 4. The van der Waals surface area contributed by atoms with Crippen LogP contribution in [-0.2, 0) is 0 Å². The summed E-state index contributed by atoms with van der Waals surface area (Å²) < 4.78 is 5.11. The highest BCUT2D eigenvalue weighted by atomic mass is 16.5. The quantitative estimate of drug-likeness (QED) is 0.900. The molecule has 0 bridgehead atoms. The molecule has 0 fully saturated rings. The molecule has 0 aliphatic carbocycles. The first-order chi connectivity index (χ1) is 8.58. The lowest BCUT2D eigenvalue weighted by Gasteiger charge is -2.11. The van der Waals surface area contributed by atoms with E-state index in [4.69, 9.17) is 10.3 Å². The average molecular weight is 243 g/mol. The van der Waals surface area contributed by atoms with Gasteiger partial charge in [0.2, 0.25) is 0 Å². The second-order valence-electron chi connectivity index (χ2n) is 4.37. The van der Waals surface area contributed by atoms with E-state index in [1.165, 1.54) is 5.69 Å². The number of hydrogen-bond donors (Lipinski definition) is 1. The van der Waals surface area contributed by atoms with Crippen LogP contribution in [0.25, 0.3) is 12.2 Å². The Labute approximate surface area is 107 Å². The summed E-state index contributed by atoms with van der Waals surface area (Å²) in [6.45, 7) is 1.82. The van der Waals surface area contributed by atoms with Gasteiger partial charge in [0.25, 0.3) is 0 Å². The average Bonchev–Trinajstić information content (AvgIpc) is 2.68. The molecular weight excluding hydrogens is 226 g/mol. The first-order valence-corrected chi connectivity index (χ1v) is 5.75. The molecule has 0 aliphatic heterocycles. The van der Waals surface area contributed by atoms with Gasteiger partial charge < -0.3 is 15.2 Å². The number of aromatic nitrogens is 1. The Morgan fingerprint density at radius 3 is 2.33 bits per heavy atom. The van der Waals surface area contributed by atoms with Crippen LogP contribution in [0.1, 0.15) is 17.0 Å². The number of benzene rings is 1. The molecule has 4 heteroatoms. The zero-order valence-electron chi connectivity index (χ0n) is 10.8. The minimum atomic E-state index is 0.594. The smallest absolute Gasteiger partial charge is 0.182 e. The van der Waals surface area contributed by atoms with E-state index in [1.54, 1.807) is 0 Å². The van der Waals surface area contributed by atoms with E-state index in [9.17, 15) is 0 Å². The van der Waals surface area contributed by atoms with Crippen molar-refractivity contribution in [2.24, 2.45) is 0 Å². The van der Waals surface area contributed by atoms with Crippen molar-refractivity contribution >= 4 is 23.5 Å². The summed E-state index contributed by atoms with van der Waals surface area (Å²) in [6, 6.07) is 8.22. The van der Waals surface area contributed by atoms with Gasteiger partial charge in [-0.25, -0.2) is 0 Å². The molecule has 18 heavy (non-hydrogen) atoms. The van der Waals surface area contributed by atoms with Crippen molar-refractivity contribution < 1.29 is 4.52 Å². The molecule has 1 heterocycles. The molecule has 0 amide bonds. The van der Waals surface area contributed by atoms with Crippen molar-refractivity contribution in [2.75, 3.05) is 24.7 Å². The summed E-state index contributed by atoms with van der Waals surface area (Å²) in [7, 11) is 4.03. The molecule has 0 spiro atoms. The second kappa shape index (κ2) is 4.96. The number of nitrogen functional groups attached to an aromatic ring is 1. The van der Waals surface area contributed by atoms with E-state index in [0.29, 0.717) is 11.4 Å². The highest BCUT2D eigenvalue weighted by Crippen LogP contribution is 2.19. The first kappa shape index (κ1) is 12.2. The van der Waals surface area contributed by atoms with Crippen LogP contribution in [0.15, 0.2) is 28.8 Å². The van der Waals surface area contributed by atoms with Gasteiger partial charge in [-0.05, 0) is 30.7 Å². The third-order valence-corrected chi connectivity index (χ3v) is 2.77. The van der Waals surface area contributed by atoms with Crippen LogP contribution in [0.2, 0.25) is 0 Å². The topological polar surface area (TPSA) is 55.3 Å². The van der Waals surface area contributed by atoms with E-state index in [2.05, 4.69) is 22.2 Å². The van der Waals surface area contributed by atoms with Crippen molar-refractivity contribution in [3.8, 4) is 0 Å². The van der Waals surface area contributed by atoms with Gasteiger partial charge in [0.05, 0.1) is 0 Å². The van der Waals surface area contributed by atoms with Crippen molar-refractivity contribution in [1.29, 1.82) is 0 Å². The lowest BCUT2D eigenvalue weighted by molar-refractivity contribution is 0.408. The maximum atomic E-state index is 5.82. The zero-order chi connectivity index (χ0) is 13.1. The lowest BCUT2D eigenvalue weighted by atomic mass is 10.1. The van der Waals surface area contributed by atoms with E-state index in [-0.39, 0.29) is 0 Å². The number of nitrogens with two attached hydrogens (primary N) is 1. The van der Waals surface area contributed by atoms with Crippen LogP contribution < -0.4 is 10.6 Å². The minimum Gasteiger partial charge on any atom is -0.394 e. The van der Waals surface area contributed by atoms with Crippen molar-refractivity contribution in [1.82, 2.24) is 5.16 Å². The third kappa shape index (κ3) is 2.53. The first-order valence-electron chi connectivity index (χ1n) is 5.75. The summed E-state index contributed by atoms with van der Waals surface area (Å²) in [4.78, 5) is 2.06. The van der Waals surface area contributed by atoms with Crippen LogP contribution in [0.3, 0.4) is 0 Å². The van der Waals surface area contributed by atoms with Crippen LogP contribution in [0.5, 0.6) is 0 Å². The van der Waals surface area contributed by atoms with Crippen molar-refractivity contribution in [2.45, 2.75) is 6.92 Å². The van der Waals surface area contributed by atoms with Gasteiger partial charge in [0, 0.05) is 19.8 Å². The van der Waals surface area contributed by atoms with Gasteiger partial charge in [-0.2, -0.15) is 0 Å². The lowest BCUT2D eigenvalue weighted by Crippen LogP contribution is -2.07. The molecule has 0 radical (unpaired) electrons. The molecule has 0 unspecified atom stereocenters. The Hall–Kier alpha value is -2.23. The molecule has 2 aromatic rings. The summed E-state index contributed by atoms with van der Waals surface area (Å²) in [5.74, 6) is 0.601. The fraction of sp³-hybridized carbons (Fsp3) is 0.214. The number of anilines is 2. The molecular formula is C14H17N3O. The van der Waals surface area contributed by atoms with E-state index >= 15 is 0 Å². The van der Waals surface area contributed by atoms with Gasteiger partial charge in [-0.15, -0.1) is 0 Å². The van der Waals surface area contributed by atoms with Gasteiger partial charge in [-0.1, -0.05) is 23.4 Å². The highest BCUT2D eigenvalue weighted by molar-refractivity contribution is 5.73. The highest BCUT2D eigenvalue weighted by Gasteiger charge is 2.05. The minimum absolute atomic E-state index is 0.594. The maximum Gasteiger partial charge on any atom is 0.182 e. The molecule has 0 aliphatic rings. The van der Waals surface area contributed by atoms with Gasteiger partial charge >= 0.3 is 0 Å². The van der Waals surface area contributed by atoms with Crippen LogP contribution in [0.4, 0.5) is 11.4 Å². The SMILES string of the molecule is Cc1noc(/C=C/c2ccc(N(C)C)cc2)c1N. The van der Waals surface area contributed by atoms with Gasteiger partial charge in [-0.3, -0.25) is 0 Å². The zero-order valence-corrected chi connectivity index (χ0v) is 10.8. The summed E-state index contributed by atoms with van der Waals surface area (Å²) >= 11 is 0. The van der Waals surface area contributed by atoms with Gasteiger partial charge in [0.15, 0.2) is 5.76 Å². The third-order valence-electron chi connectivity index (χ3n) is 2.77. The van der Waals surface area contributed by atoms with E-state index < -0.39 is 0 Å². The van der Waals surface area contributed by atoms with Crippen LogP contribution in [-0.4, -0.2) is 19.3 Å². The fourth-order valence-electron chi connectivity index (χ4n) is 1.57. The number of rotatable bonds is 3. The predicted octanol–water partition coefficient (Wildman–Crippen LogP) is 2.80. The Kier molecular flexibility index (Phi) is 3.37. The van der Waals surface area contributed by atoms with Crippen molar-refractivity contribution in [3.63, 3.8) is 0 Å². The number of nitrogens with zero attached hydrogens (tertiary/aromatic N) is 2. The summed E-state index contributed by atoms with van der Waals surface area (Å²) in [5.41, 5.74) is 9.39. The van der Waals surface area contributed by atoms with Gasteiger partial charge in [0.1, 0.15) is 11.4 Å². The molecule has 0 atom stereocenters. The second-order valence-corrected chi connectivity index (χ2v) is 4.37. The van der Waals surface area contributed by atoms with Crippen molar-refractivity contribution in [3.05, 3.63) is 41.3 Å². The van der Waals surface area contributed by atoms with Crippen LogP contribution in [0, 0.1) is 6.92 Å². The monoisotopic (exact) mass is 243 g/mol. The maximum absolute atomic E-state index is 5.82. The molecule has 0 saturated heterocycles. The Balaban J connectivity index is 2.16. The molecule has 2 N–H and O–H groups in total. The molecule has 1 aromatic heterocycles. The predicted molar refractivity (Wildman–Crippen MR) is 75.3 cm³/mol. The largest absolute Gasteiger partial charge is 0.394 e. The van der Waals surface area contributed by atoms with E-state index in [1.807, 2.05) is 45.3 Å². The van der Waals surface area contributed by atoms with E-state index in [0.717, 1.165) is 11.3 Å². The molecule has 94 valence electrons. The summed E-state index contributed by atoms with van der Waals surface area (Å²) in [5, 5.41) is 3.81. The molecule has 0 saturated carbocycles. The Bertz CT molecular complexity index is 553.